The van der Waals surface area contributed by atoms with Crippen LogP contribution >= 0.6 is 0 Å². The summed E-state index contributed by atoms with van der Waals surface area (Å²) in [5.74, 6) is -0.340. The topological polar surface area (TPSA) is 52.3 Å². The van der Waals surface area contributed by atoms with Crippen molar-refractivity contribution in [3.05, 3.63) is 35.9 Å². The number of nitrogens with two attached hydrogens (primary N) is 1. The largest absolute Gasteiger partial charge is 0.373 e. The van der Waals surface area contributed by atoms with Gasteiger partial charge in [0.1, 0.15) is 0 Å². The molecule has 0 aromatic heterocycles. The lowest BCUT2D eigenvalue weighted by molar-refractivity contribution is -0.120. The first-order chi connectivity index (χ1) is 6.74. The predicted molar refractivity (Wildman–Crippen MR) is 54.6 cm³/mol. The Morgan fingerprint density at radius 2 is 2.07 bits per heavy atom. The van der Waals surface area contributed by atoms with Crippen LogP contribution in [0.15, 0.2) is 30.3 Å². The summed E-state index contributed by atoms with van der Waals surface area (Å²) in [4.78, 5) is 10.8. The predicted octanol–water partition coefficient (Wildman–Crippen LogP) is 1.64. The maximum absolute atomic E-state index is 10.8. The molecule has 3 heteroatoms. The van der Waals surface area contributed by atoms with Crippen LogP contribution in [0.25, 0.3) is 0 Å². The summed E-state index contributed by atoms with van der Waals surface area (Å²) in [6, 6.07) is 9.63. The minimum absolute atomic E-state index is 0.210. The molecule has 0 aliphatic heterocycles. The third-order valence-corrected chi connectivity index (χ3v) is 1.93. The van der Waals surface area contributed by atoms with E-state index in [0.717, 1.165) is 5.56 Å². The monoisotopic (exact) mass is 193 g/mol. The van der Waals surface area contributed by atoms with Crippen molar-refractivity contribution in [2.45, 2.75) is 19.4 Å². The Kier molecular flexibility index (Phi) is 4.13. The number of benzene rings is 1. The summed E-state index contributed by atoms with van der Waals surface area (Å²) in [6.07, 6.45) is 0.0244. The van der Waals surface area contributed by atoms with Gasteiger partial charge in [0.2, 0.25) is 5.91 Å². The number of carbonyl (C=O) groups excluding carboxylic acids is 1. The fraction of sp³-hybridized carbons (Fsp3) is 0.364. The molecule has 0 saturated heterocycles. The maximum atomic E-state index is 10.8. The zero-order valence-electron chi connectivity index (χ0n) is 8.27. The Morgan fingerprint density at radius 3 is 2.57 bits per heavy atom. The number of amides is 1. The van der Waals surface area contributed by atoms with Crippen LogP contribution in [0.4, 0.5) is 0 Å². The number of carbonyl (C=O) groups is 1. The zero-order valence-corrected chi connectivity index (χ0v) is 8.27. The average Bonchev–Trinajstić information content (AvgIpc) is 2.18. The summed E-state index contributed by atoms with van der Waals surface area (Å²) in [5.41, 5.74) is 6.14. The Hall–Kier alpha value is -1.35. The smallest absolute Gasteiger partial charge is 0.220 e. The van der Waals surface area contributed by atoms with Gasteiger partial charge in [-0.15, -0.1) is 0 Å². The molecule has 0 fully saturated rings. The summed E-state index contributed by atoms with van der Waals surface area (Å²) < 4.78 is 5.44. The molecule has 0 aliphatic rings. The highest BCUT2D eigenvalue weighted by molar-refractivity contribution is 5.74. The van der Waals surface area contributed by atoms with Gasteiger partial charge in [-0.1, -0.05) is 30.3 Å². The third-order valence-electron chi connectivity index (χ3n) is 1.93. The highest BCUT2D eigenvalue weighted by Crippen LogP contribution is 2.20. The van der Waals surface area contributed by atoms with E-state index in [4.69, 9.17) is 10.5 Å². The van der Waals surface area contributed by atoms with Crippen molar-refractivity contribution >= 4 is 5.91 Å². The van der Waals surface area contributed by atoms with E-state index in [0.29, 0.717) is 6.61 Å². The first kappa shape index (κ1) is 10.7. The highest BCUT2D eigenvalue weighted by Gasteiger charge is 2.13. The van der Waals surface area contributed by atoms with Crippen LogP contribution in [0, 0.1) is 0 Å². The van der Waals surface area contributed by atoms with Crippen LogP contribution < -0.4 is 5.73 Å². The zero-order chi connectivity index (χ0) is 10.4. The molecule has 0 heterocycles. The summed E-state index contributed by atoms with van der Waals surface area (Å²) in [5, 5.41) is 0. The minimum Gasteiger partial charge on any atom is -0.373 e. The molecular weight excluding hydrogens is 178 g/mol. The standard InChI is InChI=1S/C11H15NO2/c1-2-14-10(8-11(12)13)9-6-4-3-5-7-9/h3-7,10H,2,8H2,1H3,(H2,12,13). The van der Waals surface area contributed by atoms with Crippen LogP contribution in [-0.2, 0) is 9.53 Å². The fourth-order valence-corrected chi connectivity index (χ4v) is 1.32. The number of hydrogen-bond acceptors (Lipinski definition) is 2. The molecule has 2 N–H and O–H groups in total. The van der Waals surface area contributed by atoms with E-state index in [-0.39, 0.29) is 18.4 Å². The number of primary amides is 1. The van der Waals surface area contributed by atoms with Crippen molar-refractivity contribution < 1.29 is 9.53 Å². The van der Waals surface area contributed by atoms with E-state index in [1.807, 2.05) is 37.3 Å². The van der Waals surface area contributed by atoms with Crippen LogP contribution in [-0.4, -0.2) is 12.5 Å². The van der Waals surface area contributed by atoms with Gasteiger partial charge >= 0.3 is 0 Å². The lowest BCUT2D eigenvalue weighted by Crippen LogP contribution is -2.17. The van der Waals surface area contributed by atoms with Crippen molar-refractivity contribution in [2.24, 2.45) is 5.73 Å². The van der Waals surface area contributed by atoms with Gasteiger partial charge < -0.3 is 10.5 Å². The lowest BCUT2D eigenvalue weighted by Gasteiger charge is -2.15. The first-order valence-electron chi connectivity index (χ1n) is 4.69. The van der Waals surface area contributed by atoms with Crippen molar-refractivity contribution in [1.82, 2.24) is 0 Å². The molecule has 0 spiro atoms. The third kappa shape index (κ3) is 3.18. The van der Waals surface area contributed by atoms with E-state index in [2.05, 4.69) is 0 Å². The van der Waals surface area contributed by atoms with Gasteiger partial charge in [-0.05, 0) is 12.5 Å². The molecular formula is C11H15NO2. The molecule has 3 nitrogen and oxygen atoms in total. The van der Waals surface area contributed by atoms with E-state index in [1.54, 1.807) is 0 Å². The van der Waals surface area contributed by atoms with Gasteiger partial charge in [0.15, 0.2) is 0 Å². The highest BCUT2D eigenvalue weighted by atomic mass is 16.5. The Bertz CT molecular complexity index is 285. The lowest BCUT2D eigenvalue weighted by atomic mass is 10.1. The molecule has 0 bridgehead atoms. The minimum atomic E-state index is -0.340. The van der Waals surface area contributed by atoms with E-state index < -0.39 is 0 Å². The molecule has 1 atom stereocenters. The molecule has 0 aliphatic carbocycles. The molecule has 1 aromatic rings. The second-order valence-corrected chi connectivity index (χ2v) is 3.03. The summed E-state index contributed by atoms with van der Waals surface area (Å²) in [7, 11) is 0. The average molecular weight is 193 g/mol. The van der Waals surface area contributed by atoms with Gasteiger partial charge in [0, 0.05) is 6.61 Å². The van der Waals surface area contributed by atoms with Crippen LogP contribution in [0.5, 0.6) is 0 Å². The van der Waals surface area contributed by atoms with Crippen molar-refractivity contribution in [3.63, 3.8) is 0 Å². The molecule has 0 radical (unpaired) electrons. The summed E-state index contributed by atoms with van der Waals surface area (Å²) in [6.45, 7) is 2.48. The SMILES string of the molecule is CCOC(CC(N)=O)c1ccccc1. The number of ether oxygens (including phenoxy) is 1. The molecule has 0 saturated carbocycles. The number of hydrogen-bond donors (Lipinski definition) is 1. The van der Waals surface area contributed by atoms with Crippen molar-refractivity contribution in [1.29, 1.82) is 0 Å². The molecule has 1 amide bonds. The van der Waals surface area contributed by atoms with Gasteiger partial charge in [-0.3, -0.25) is 4.79 Å². The van der Waals surface area contributed by atoms with Crippen LogP contribution in [0.3, 0.4) is 0 Å². The summed E-state index contributed by atoms with van der Waals surface area (Å²) >= 11 is 0. The van der Waals surface area contributed by atoms with E-state index in [9.17, 15) is 4.79 Å². The quantitative estimate of drug-likeness (QED) is 0.772. The maximum Gasteiger partial charge on any atom is 0.220 e. The molecule has 76 valence electrons. The second-order valence-electron chi connectivity index (χ2n) is 3.03. The Morgan fingerprint density at radius 1 is 1.43 bits per heavy atom. The number of rotatable bonds is 5. The van der Waals surface area contributed by atoms with Gasteiger partial charge in [0.25, 0.3) is 0 Å². The normalized spacial score (nSPS) is 12.4. The molecule has 1 unspecified atom stereocenters. The molecule has 1 rings (SSSR count). The van der Waals surface area contributed by atoms with Crippen LogP contribution in [0.2, 0.25) is 0 Å². The van der Waals surface area contributed by atoms with Gasteiger partial charge in [-0.25, -0.2) is 0 Å². The van der Waals surface area contributed by atoms with Crippen molar-refractivity contribution in [3.8, 4) is 0 Å². The fourth-order valence-electron chi connectivity index (χ4n) is 1.32. The Labute approximate surface area is 83.9 Å². The van der Waals surface area contributed by atoms with Gasteiger partial charge in [0.05, 0.1) is 12.5 Å². The first-order valence-corrected chi connectivity index (χ1v) is 4.69. The van der Waals surface area contributed by atoms with E-state index in [1.165, 1.54) is 0 Å². The van der Waals surface area contributed by atoms with E-state index >= 15 is 0 Å². The van der Waals surface area contributed by atoms with Gasteiger partial charge in [-0.2, -0.15) is 0 Å². The van der Waals surface area contributed by atoms with Crippen LogP contribution in [0.1, 0.15) is 25.0 Å². The molecule has 14 heavy (non-hydrogen) atoms. The second kappa shape index (κ2) is 5.40. The molecule has 1 aromatic carbocycles. The Balaban J connectivity index is 2.72. The van der Waals surface area contributed by atoms with Crippen molar-refractivity contribution in [2.75, 3.05) is 6.61 Å².